The van der Waals surface area contributed by atoms with E-state index in [2.05, 4.69) is 35.7 Å². The summed E-state index contributed by atoms with van der Waals surface area (Å²) in [4.78, 5) is 38.1. The van der Waals surface area contributed by atoms with E-state index in [9.17, 15) is 22.8 Å². The number of hydrogen-bond donors (Lipinski definition) is 4. The minimum atomic E-state index is -4.64. The van der Waals surface area contributed by atoms with Gasteiger partial charge in [-0.05, 0) is 37.6 Å². The Hall–Kier alpha value is -3.94. The summed E-state index contributed by atoms with van der Waals surface area (Å²) in [5, 5.41) is 12.5. The van der Waals surface area contributed by atoms with Crippen LogP contribution in [0.1, 0.15) is 22.6 Å². The van der Waals surface area contributed by atoms with Gasteiger partial charge >= 0.3 is 12.2 Å². The van der Waals surface area contributed by atoms with Gasteiger partial charge in [0, 0.05) is 25.3 Å². The average molecular weight is 489 g/mol. The standard InChI is InChI=1S/C21H22F3N9O2/c1-10-2-3-12-16(27-10)30-31-17(12)29-20(35)33-11-6-7-32(9-11)14-5-4-13(28-18(14)33)19(34)26-8-15(25)21(22,23)24/h2-5,11,15H,6-9,25H2,1H3,(H,26,34)(H2,27,29,30,31,35). The molecule has 3 amide bonds. The molecule has 0 aliphatic carbocycles. The average Bonchev–Trinajstić information content (AvgIpc) is 3.41. The van der Waals surface area contributed by atoms with Gasteiger partial charge in [-0.1, -0.05) is 0 Å². The van der Waals surface area contributed by atoms with E-state index >= 15 is 0 Å². The normalized spacial score (nSPS) is 17.9. The van der Waals surface area contributed by atoms with Crippen LogP contribution >= 0.6 is 0 Å². The fourth-order valence-electron chi connectivity index (χ4n) is 4.27. The van der Waals surface area contributed by atoms with Crippen LogP contribution in [0.4, 0.5) is 35.3 Å². The maximum Gasteiger partial charge on any atom is 0.405 e. The van der Waals surface area contributed by atoms with Crippen molar-refractivity contribution in [3.63, 3.8) is 0 Å². The van der Waals surface area contributed by atoms with E-state index in [0.29, 0.717) is 42.0 Å². The molecule has 0 aromatic carbocycles. The molecule has 5 N–H and O–H groups in total. The SMILES string of the molecule is Cc1ccc2c(NC(=O)N3c4nc(C(=O)NCC(N)C(F)(F)F)ccc4N4CCC3C4)n[nH]c2n1. The van der Waals surface area contributed by atoms with Crippen LogP contribution in [0.5, 0.6) is 0 Å². The lowest BCUT2D eigenvalue weighted by atomic mass is 10.1. The van der Waals surface area contributed by atoms with Crippen molar-refractivity contribution in [1.82, 2.24) is 25.5 Å². The summed E-state index contributed by atoms with van der Waals surface area (Å²) in [7, 11) is 0. The van der Waals surface area contributed by atoms with Gasteiger partial charge in [-0.25, -0.2) is 14.8 Å². The Morgan fingerprint density at radius 3 is 2.83 bits per heavy atom. The number of hydrogen-bond acceptors (Lipinski definition) is 7. The lowest BCUT2D eigenvalue weighted by Gasteiger charge is -2.35. The number of nitrogens with zero attached hydrogens (tertiary/aromatic N) is 5. The van der Waals surface area contributed by atoms with Crippen molar-refractivity contribution in [3.8, 4) is 0 Å². The molecule has 1 fully saturated rings. The number of aromatic amines is 1. The van der Waals surface area contributed by atoms with Crippen LogP contribution in [0, 0.1) is 6.92 Å². The molecule has 0 spiro atoms. The Labute approximate surface area is 196 Å². The monoisotopic (exact) mass is 489 g/mol. The molecule has 3 aromatic heterocycles. The number of H-pyrrole nitrogens is 1. The van der Waals surface area contributed by atoms with E-state index in [1.54, 1.807) is 18.2 Å². The molecule has 3 aromatic rings. The number of nitrogens with one attached hydrogen (secondary N) is 3. The van der Waals surface area contributed by atoms with Crippen LogP contribution in [0.2, 0.25) is 0 Å². The van der Waals surface area contributed by atoms with Crippen molar-refractivity contribution in [2.45, 2.75) is 31.6 Å². The molecular weight excluding hydrogens is 467 g/mol. The summed E-state index contributed by atoms with van der Waals surface area (Å²) < 4.78 is 38.0. The van der Waals surface area contributed by atoms with Gasteiger partial charge in [0.2, 0.25) is 0 Å². The minimum absolute atomic E-state index is 0.122. The summed E-state index contributed by atoms with van der Waals surface area (Å²) in [5.41, 5.74) is 6.92. The van der Waals surface area contributed by atoms with Crippen LogP contribution < -0.4 is 26.2 Å². The zero-order chi connectivity index (χ0) is 24.9. The van der Waals surface area contributed by atoms with E-state index in [0.717, 1.165) is 5.69 Å². The third kappa shape index (κ3) is 4.20. The number of carbonyl (C=O) groups excluding carboxylic acids is 2. The maximum absolute atomic E-state index is 13.4. The summed E-state index contributed by atoms with van der Waals surface area (Å²) in [5.74, 6) is -0.270. The molecule has 5 heterocycles. The summed E-state index contributed by atoms with van der Waals surface area (Å²) >= 11 is 0. The molecule has 2 aliphatic heterocycles. The molecule has 2 bridgehead atoms. The lowest BCUT2D eigenvalue weighted by Crippen LogP contribution is -2.49. The summed E-state index contributed by atoms with van der Waals surface area (Å²) in [6.07, 6.45) is -3.95. The number of anilines is 3. The van der Waals surface area contributed by atoms with E-state index in [-0.39, 0.29) is 17.6 Å². The Morgan fingerprint density at radius 2 is 2.06 bits per heavy atom. The molecule has 2 atom stereocenters. The predicted molar refractivity (Wildman–Crippen MR) is 121 cm³/mol. The first-order valence-electron chi connectivity index (χ1n) is 10.9. The Kier molecular flexibility index (Phi) is 5.46. The van der Waals surface area contributed by atoms with Crippen molar-refractivity contribution >= 4 is 40.3 Å². The van der Waals surface area contributed by atoms with Gasteiger partial charge in [0.1, 0.15) is 11.7 Å². The van der Waals surface area contributed by atoms with Gasteiger partial charge in [0.15, 0.2) is 17.3 Å². The highest BCUT2D eigenvalue weighted by atomic mass is 19.4. The van der Waals surface area contributed by atoms with Crippen molar-refractivity contribution in [1.29, 1.82) is 0 Å². The Balaban J connectivity index is 1.41. The number of aromatic nitrogens is 4. The second-order valence-corrected chi connectivity index (χ2v) is 8.51. The number of nitrogens with two attached hydrogens (primary N) is 1. The largest absolute Gasteiger partial charge is 0.405 e. The third-order valence-corrected chi connectivity index (χ3v) is 6.09. The summed E-state index contributed by atoms with van der Waals surface area (Å²) in [6, 6.07) is 3.76. The Bertz CT molecular complexity index is 1310. The smallest absolute Gasteiger partial charge is 0.366 e. The zero-order valence-electron chi connectivity index (χ0n) is 18.6. The van der Waals surface area contributed by atoms with Crippen molar-refractivity contribution in [3.05, 3.63) is 35.7 Å². The Morgan fingerprint density at radius 1 is 1.26 bits per heavy atom. The lowest BCUT2D eigenvalue weighted by molar-refractivity contribution is -0.146. The number of aryl methyl sites for hydroxylation is 1. The molecule has 2 aliphatic rings. The van der Waals surface area contributed by atoms with E-state index < -0.39 is 30.7 Å². The van der Waals surface area contributed by atoms with Crippen LogP contribution in [0.3, 0.4) is 0 Å². The van der Waals surface area contributed by atoms with Gasteiger partial charge in [-0.3, -0.25) is 20.1 Å². The number of rotatable bonds is 4. The van der Waals surface area contributed by atoms with Gasteiger partial charge < -0.3 is 16.0 Å². The zero-order valence-corrected chi connectivity index (χ0v) is 18.6. The highest BCUT2D eigenvalue weighted by molar-refractivity contribution is 6.07. The highest BCUT2D eigenvalue weighted by Crippen LogP contribution is 2.39. The topological polar surface area (TPSA) is 145 Å². The van der Waals surface area contributed by atoms with Crippen LogP contribution in [-0.2, 0) is 0 Å². The number of fused-ring (bicyclic) bond motifs is 5. The fraction of sp³-hybridized carbons (Fsp3) is 0.381. The molecule has 1 saturated heterocycles. The molecule has 0 radical (unpaired) electrons. The third-order valence-electron chi connectivity index (χ3n) is 6.09. The number of halogens is 3. The first-order valence-corrected chi connectivity index (χ1v) is 10.9. The van der Waals surface area contributed by atoms with Gasteiger partial charge in [-0.2, -0.15) is 18.3 Å². The second-order valence-electron chi connectivity index (χ2n) is 8.51. The van der Waals surface area contributed by atoms with Gasteiger partial charge in [0.25, 0.3) is 5.91 Å². The highest BCUT2D eigenvalue weighted by Gasteiger charge is 2.41. The molecule has 14 heteroatoms. The summed E-state index contributed by atoms with van der Waals surface area (Å²) in [6.45, 7) is 2.34. The molecule has 5 rings (SSSR count). The van der Waals surface area contributed by atoms with Crippen molar-refractivity contribution in [2.75, 3.05) is 34.8 Å². The minimum Gasteiger partial charge on any atom is -0.366 e. The van der Waals surface area contributed by atoms with Crippen LogP contribution in [-0.4, -0.2) is 70.0 Å². The maximum atomic E-state index is 13.4. The van der Waals surface area contributed by atoms with Crippen molar-refractivity contribution in [2.24, 2.45) is 5.73 Å². The number of pyridine rings is 2. The van der Waals surface area contributed by atoms with Gasteiger partial charge in [0.05, 0.1) is 17.1 Å². The molecule has 184 valence electrons. The van der Waals surface area contributed by atoms with Crippen LogP contribution in [0.25, 0.3) is 11.0 Å². The van der Waals surface area contributed by atoms with E-state index in [4.69, 9.17) is 5.73 Å². The number of urea groups is 1. The number of amides is 3. The molecule has 2 unspecified atom stereocenters. The first-order chi connectivity index (χ1) is 16.6. The number of alkyl halides is 3. The molecule has 0 saturated carbocycles. The van der Waals surface area contributed by atoms with E-state index in [1.165, 1.54) is 11.0 Å². The second kappa shape index (κ2) is 8.37. The van der Waals surface area contributed by atoms with Gasteiger partial charge in [-0.15, -0.1) is 0 Å². The molecular formula is C21H22F3N9O2. The first kappa shape index (κ1) is 22.8. The quantitative estimate of drug-likeness (QED) is 0.438. The fourth-order valence-corrected chi connectivity index (χ4v) is 4.27. The van der Waals surface area contributed by atoms with E-state index in [1.807, 2.05) is 6.92 Å². The van der Waals surface area contributed by atoms with Crippen LogP contribution in [0.15, 0.2) is 24.3 Å². The molecule has 35 heavy (non-hydrogen) atoms. The number of carbonyl (C=O) groups is 2. The predicted octanol–water partition coefficient (Wildman–Crippen LogP) is 1.91. The molecule has 11 nitrogen and oxygen atoms in total. The van der Waals surface area contributed by atoms with Crippen molar-refractivity contribution < 1.29 is 22.8 Å².